The van der Waals surface area contributed by atoms with Gasteiger partial charge in [0.15, 0.2) is 0 Å². The molecule has 27 heavy (non-hydrogen) atoms. The molecule has 1 unspecified atom stereocenters. The van der Waals surface area contributed by atoms with Gasteiger partial charge in [0.05, 0.1) is 0 Å². The molecular formula is C21H22ClN3O2. The number of urea groups is 1. The zero-order valence-electron chi connectivity index (χ0n) is 15.0. The maximum atomic E-state index is 12.9. The van der Waals surface area contributed by atoms with Gasteiger partial charge in [-0.25, -0.2) is 4.79 Å². The average molecular weight is 384 g/mol. The van der Waals surface area contributed by atoms with Gasteiger partial charge in [-0.2, -0.15) is 0 Å². The minimum Gasteiger partial charge on any atom is -0.338 e. The molecule has 140 valence electrons. The molecule has 0 aromatic heterocycles. The van der Waals surface area contributed by atoms with Crippen molar-refractivity contribution in [1.29, 1.82) is 0 Å². The number of rotatable bonds is 4. The van der Waals surface area contributed by atoms with Crippen LogP contribution in [0.25, 0.3) is 0 Å². The van der Waals surface area contributed by atoms with Crippen molar-refractivity contribution in [2.75, 3.05) is 31.1 Å². The Morgan fingerprint density at radius 3 is 2.70 bits per heavy atom. The molecule has 6 heteroatoms. The van der Waals surface area contributed by atoms with Crippen molar-refractivity contribution in [1.82, 2.24) is 10.2 Å². The van der Waals surface area contributed by atoms with Gasteiger partial charge in [0.1, 0.15) is 0 Å². The molecule has 0 aliphatic carbocycles. The van der Waals surface area contributed by atoms with Gasteiger partial charge in [-0.3, -0.25) is 9.69 Å². The standard InChI is InChI=1S/C21H22ClN3O2/c22-18-6-4-15(5-7-18)12-16-8-10-24(14-16)20(26)17-2-1-3-19(13-17)25-11-9-23-21(25)27/h1-7,13,16H,8-12,14H2,(H,23,27). The lowest BCUT2D eigenvalue weighted by molar-refractivity contribution is 0.0787. The minimum atomic E-state index is -0.108. The minimum absolute atomic E-state index is 0.0371. The molecule has 1 atom stereocenters. The molecule has 2 heterocycles. The van der Waals surface area contributed by atoms with E-state index in [-0.39, 0.29) is 11.9 Å². The van der Waals surface area contributed by atoms with Crippen molar-refractivity contribution < 1.29 is 9.59 Å². The van der Waals surface area contributed by atoms with Crippen LogP contribution >= 0.6 is 11.6 Å². The lowest BCUT2D eigenvalue weighted by atomic mass is 9.99. The number of hydrogen-bond acceptors (Lipinski definition) is 2. The Morgan fingerprint density at radius 2 is 1.96 bits per heavy atom. The zero-order chi connectivity index (χ0) is 18.8. The maximum Gasteiger partial charge on any atom is 0.321 e. The maximum absolute atomic E-state index is 12.9. The number of carbonyl (C=O) groups is 2. The largest absolute Gasteiger partial charge is 0.338 e. The number of hydrogen-bond donors (Lipinski definition) is 1. The molecule has 0 saturated carbocycles. The van der Waals surface area contributed by atoms with E-state index in [0.717, 1.165) is 36.6 Å². The quantitative estimate of drug-likeness (QED) is 0.877. The molecular weight excluding hydrogens is 362 g/mol. The summed E-state index contributed by atoms with van der Waals surface area (Å²) in [6.07, 6.45) is 1.96. The number of amides is 3. The van der Waals surface area contributed by atoms with Crippen molar-refractivity contribution in [3.8, 4) is 0 Å². The lowest BCUT2D eigenvalue weighted by Gasteiger charge is -2.19. The van der Waals surface area contributed by atoms with Crippen LogP contribution in [-0.4, -0.2) is 43.0 Å². The first-order valence-electron chi connectivity index (χ1n) is 9.29. The Morgan fingerprint density at radius 1 is 1.15 bits per heavy atom. The summed E-state index contributed by atoms with van der Waals surface area (Å²) in [4.78, 5) is 28.4. The summed E-state index contributed by atoms with van der Waals surface area (Å²) < 4.78 is 0. The van der Waals surface area contributed by atoms with E-state index >= 15 is 0 Å². The smallest absolute Gasteiger partial charge is 0.321 e. The van der Waals surface area contributed by atoms with Crippen LogP contribution in [0.5, 0.6) is 0 Å². The second-order valence-corrected chi connectivity index (χ2v) is 7.61. The number of anilines is 1. The first kappa shape index (κ1) is 17.9. The molecule has 2 aliphatic heterocycles. The van der Waals surface area contributed by atoms with E-state index in [1.54, 1.807) is 4.90 Å². The summed E-state index contributed by atoms with van der Waals surface area (Å²) in [5.74, 6) is 0.498. The molecule has 0 spiro atoms. The number of nitrogens with one attached hydrogen (secondary N) is 1. The molecule has 2 fully saturated rings. The monoisotopic (exact) mass is 383 g/mol. The van der Waals surface area contributed by atoms with Gasteiger partial charge in [-0.1, -0.05) is 29.8 Å². The van der Waals surface area contributed by atoms with Crippen LogP contribution in [0.2, 0.25) is 5.02 Å². The molecule has 2 saturated heterocycles. The molecule has 0 radical (unpaired) electrons. The third-order valence-electron chi connectivity index (χ3n) is 5.27. The molecule has 2 aromatic carbocycles. The van der Waals surface area contributed by atoms with Gasteiger partial charge in [-0.15, -0.1) is 0 Å². The molecule has 4 rings (SSSR count). The SMILES string of the molecule is O=C(c1cccc(N2CCNC2=O)c1)N1CCC(Cc2ccc(Cl)cc2)C1. The van der Waals surface area contributed by atoms with E-state index in [9.17, 15) is 9.59 Å². The van der Waals surface area contributed by atoms with E-state index in [2.05, 4.69) is 17.4 Å². The van der Waals surface area contributed by atoms with Gasteiger partial charge < -0.3 is 10.2 Å². The van der Waals surface area contributed by atoms with Crippen LogP contribution in [0.15, 0.2) is 48.5 Å². The predicted octanol–water partition coefficient (Wildman–Crippen LogP) is 3.57. The molecule has 1 N–H and O–H groups in total. The highest BCUT2D eigenvalue weighted by atomic mass is 35.5. The predicted molar refractivity (Wildman–Crippen MR) is 106 cm³/mol. The van der Waals surface area contributed by atoms with E-state index in [0.29, 0.717) is 24.6 Å². The van der Waals surface area contributed by atoms with Crippen molar-refractivity contribution in [2.24, 2.45) is 5.92 Å². The van der Waals surface area contributed by atoms with Gasteiger partial charge in [0, 0.05) is 42.5 Å². The third-order valence-corrected chi connectivity index (χ3v) is 5.52. The molecule has 0 bridgehead atoms. The Labute approximate surface area is 163 Å². The average Bonchev–Trinajstić information content (AvgIpc) is 3.32. The second-order valence-electron chi connectivity index (χ2n) is 7.17. The van der Waals surface area contributed by atoms with E-state index in [1.807, 2.05) is 41.3 Å². The Kier molecular flexibility index (Phi) is 5.03. The first-order chi connectivity index (χ1) is 13.1. The highest BCUT2D eigenvalue weighted by molar-refractivity contribution is 6.30. The van der Waals surface area contributed by atoms with Crippen LogP contribution < -0.4 is 10.2 Å². The van der Waals surface area contributed by atoms with Crippen LogP contribution in [0, 0.1) is 5.92 Å². The summed E-state index contributed by atoms with van der Waals surface area (Å²) in [5, 5.41) is 3.53. The molecule has 3 amide bonds. The van der Waals surface area contributed by atoms with Gasteiger partial charge in [0.2, 0.25) is 0 Å². The van der Waals surface area contributed by atoms with Crippen molar-refractivity contribution in [3.63, 3.8) is 0 Å². The summed E-state index contributed by atoms with van der Waals surface area (Å²) in [6, 6.07) is 15.2. The fourth-order valence-electron chi connectivity index (χ4n) is 3.84. The molecule has 2 aromatic rings. The van der Waals surface area contributed by atoms with Crippen molar-refractivity contribution in [3.05, 3.63) is 64.7 Å². The normalized spacial score (nSPS) is 19.4. The topological polar surface area (TPSA) is 52.7 Å². The van der Waals surface area contributed by atoms with Crippen LogP contribution in [0.3, 0.4) is 0 Å². The van der Waals surface area contributed by atoms with Gasteiger partial charge in [0.25, 0.3) is 5.91 Å². The second kappa shape index (κ2) is 7.61. The first-order valence-corrected chi connectivity index (χ1v) is 9.67. The summed E-state index contributed by atoms with van der Waals surface area (Å²) in [7, 11) is 0. The Bertz CT molecular complexity index is 853. The molecule has 2 aliphatic rings. The van der Waals surface area contributed by atoms with E-state index in [1.165, 1.54) is 5.56 Å². The Hall–Kier alpha value is -2.53. The van der Waals surface area contributed by atoms with Crippen LogP contribution in [0.1, 0.15) is 22.3 Å². The summed E-state index contributed by atoms with van der Waals surface area (Å²) in [6.45, 7) is 2.79. The zero-order valence-corrected chi connectivity index (χ0v) is 15.8. The highest BCUT2D eigenvalue weighted by Gasteiger charge is 2.28. The van der Waals surface area contributed by atoms with Gasteiger partial charge >= 0.3 is 6.03 Å². The number of halogens is 1. The number of benzene rings is 2. The fraction of sp³-hybridized carbons (Fsp3) is 0.333. The van der Waals surface area contributed by atoms with Gasteiger partial charge in [-0.05, 0) is 54.7 Å². The molecule has 5 nitrogen and oxygen atoms in total. The number of carbonyl (C=O) groups excluding carboxylic acids is 2. The number of likely N-dealkylation sites (tertiary alicyclic amines) is 1. The van der Waals surface area contributed by atoms with Crippen LogP contribution in [-0.2, 0) is 6.42 Å². The van der Waals surface area contributed by atoms with E-state index in [4.69, 9.17) is 11.6 Å². The van der Waals surface area contributed by atoms with Crippen LogP contribution in [0.4, 0.5) is 10.5 Å². The highest BCUT2D eigenvalue weighted by Crippen LogP contribution is 2.25. The summed E-state index contributed by atoms with van der Waals surface area (Å²) >= 11 is 5.95. The fourth-order valence-corrected chi connectivity index (χ4v) is 3.97. The van der Waals surface area contributed by atoms with Crippen molar-refractivity contribution in [2.45, 2.75) is 12.8 Å². The van der Waals surface area contributed by atoms with E-state index < -0.39 is 0 Å². The lowest BCUT2D eigenvalue weighted by Crippen LogP contribution is -2.30. The van der Waals surface area contributed by atoms with Crippen molar-refractivity contribution >= 4 is 29.2 Å². The number of nitrogens with zero attached hydrogens (tertiary/aromatic N) is 2. The third kappa shape index (κ3) is 3.93. The summed E-state index contributed by atoms with van der Waals surface area (Å²) in [5.41, 5.74) is 2.66. The Balaban J connectivity index is 1.41.